The Hall–Kier alpha value is -2.88. The molecule has 184 valence electrons. The van der Waals surface area contributed by atoms with Crippen LogP contribution in [0.1, 0.15) is 11.1 Å². The van der Waals surface area contributed by atoms with E-state index in [1.807, 2.05) is 36.4 Å². The SMILES string of the molecule is N#C/C(=C/c1cc(Cl)c(OCc2ccc(Cl)cc2Cl)c(Cl)c1)C(=O)N1CCN(c2ccccc2)CC1. The first-order valence-corrected chi connectivity index (χ1v) is 12.6. The summed E-state index contributed by atoms with van der Waals surface area (Å²) in [5, 5.41) is 11.2. The second kappa shape index (κ2) is 11.9. The Labute approximate surface area is 230 Å². The number of hydrogen-bond donors (Lipinski definition) is 0. The van der Waals surface area contributed by atoms with Crippen molar-refractivity contribution in [2.24, 2.45) is 0 Å². The van der Waals surface area contributed by atoms with Crippen LogP contribution in [0, 0.1) is 11.3 Å². The number of carbonyl (C=O) groups is 1. The number of anilines is 1. The number of carbonyl (C=O) groups excluding carboxylic acids is 1. The second-order valence-corrected chi connectivity index (χ2v) is 9.78. The van der Waals surface area contributed by atoms with E-state index < -0.39 is 0 Å². The molecule has 4 rings (SSSR count). The number of amides is 1. The maximum absolute atomic E-state index is 13.0. The zero-order chi connectivity index (χ0) is 25.7. The summed E-state index contributed by atoms with van der Waals surface area (Å²) >= 11 is 25.0. The summed E-state index contributed by atoms with van der Waals surface area (Å²) in [5.41, 5.74) is 2.37. The third-order valence-electron chi connectivity index (χ3n) is 5.76. The first-order valence-electron chi connectivity index (χ1n) is 11.1. The van der Waals surface area contributed by atoms with Gasteiger partial charge in [-0.1, -0.05) is 70.7 Å². The number of hydrogen-bond acceptors (Lipinski definition) is 4. The molecule has 3 aromatic rings. The van der Waals surface area contributed by atoms with Crippen LogP contribution in [0.25, 0.3) is 6.08 Å². The van der Waals surface area contributed by atoms with Gasteiger partial charge in [-0.2, -0.15) is 5.26 Å². The molecule has 36 heavy (non-hydrogen) atoms. The predicted octanol–water partition coefficient (Wildman–Crippen LogP) is 7.13. The highest BCUT2D eigenvalue weighted by molar-refractivity contribution is 6.37. The quantitative estimate of drug-likeness (QED) is 0.237. The Balaban J connectivity index is 1.44. The van der Waals surface area contributed by atoms with Gasteiger partial charge in [0.05, 0.1) is 10.0 Å². The van der Waals surface area contributed by atoms with Gasteiger partial charge < -0.3 is 14.5 Å². The van der Waals surface area contributed by atoms with Gasteiger partial charge in [-0.25, -0.2) is 0 Å². The minimum atomic E-state index is -0.324. The van der Waals surface area contributed by atoms with Gasteiger partial charge in [0.25, 0.3) is 5.91 Å². The zero-order valence-electron chi connectivity index (χ0n) is 19.1. The Morgan fingerprint density at radius 1 is 0.917 bits per heavy atom. The molecule has 1 amide bonds. The number of ether oxygens (including phenoxy) is 1. The van der Waals surface area contributed by atoms with E-state index in [1.54, 1.807) is 35.2 Å². The molecule has 0 aliphatic carbocycles. The first-order chi connectivity index (χ1) is 17.4. The third kappa shape index (κ3) is 6.27. The lowest BCUT2D eigenvalue weighted by Crippen LogP contribution is -2.49. The molecule has 9 heteroatoms. The highest BCUT2D eigenvalue weighted by atomic mass is 35.5. The molecule has 0 bridgehead atoms. The van der Waals surface area contributed by atoms with E-state index in [2.05, 4.69) is 4.90 Å². The van der Waals surface area contributed by atoms with Gasteiger partial charge in [-0.3, -0.25) is 4.79 Å². The molecule has 0 saturated carbocycles. The van der Waals surface area contributed by atoms with Gasteiger partial charge >= 0.3 is 0 Å². The molecule has 1 heterocycles. The van der Waals surface area contributed by atoms with E-state index in [1.165, 1.54) is 6.08 Å². The molecule has 0 unspecified atom stereocenters. The van der Waals surface area contributed by atoms with Gasteiger partial charge in [-0.05, 0) is 48.0 Å². The second-order valence-electron chi connectivity index (χ2n) is 8.12. The van der Waals surface area contributed by atoms with E-state index >= 15 is 0 Å². The highest BCUT2D eigenvalue weighted by Gasteiger charge is 2.24. The molecule has 0 aromatic heterocycles. The minimum Gasteiger partial charge on any atom is -0.486 e. The fourth-order valence-corrected chi connectivity index (χ4v) is 4.95. The van der Waals surface area contributed by atoms with Gasteiger partial charge in [0.15, 0.2) is 5.75 Å². The third-order valence-corrected chi connectivity index (χ3v) is 6.91. The van der Waals surface area contributed by atoms with Crippen molar-refractivity contribution in [3.63, 3.8) is 0 Å². The molecular formula is C27H21Cl4N3O2. The van der Waals surface area contributed by atoms with Crippen LogP contribution >= 0.6 is 46.4 Å². The van der Waals surface area contributed by atoms with Crippen LogP contribution in [0.2, 0.25) is 20.1 Å². The molecule has 1 saturated heterocycles. The van der Waals surface area contributed by atoms with Crippen molar-refractivity contribution < 1.29 is 9.53 Å². The van der Waals surface area contributed by atoms with Crippen LogP contribution in [-0.4, -0.2) is 37.0 Å². The highest BCUT2D eigenvalue weighted by Crippen LogP contribution is 2.36. The van der Waals surface area contributed by atoms with E-state index in [4.69, 9.17) is 51.1 Å². The summed E-state index contributed by atoms with van der Waals surface area (Å²) in [4.78, 5) is 16.9. The zero-order valence-corrected chi connectivity index (χ0v) is 22.1. The van der Waals surface area contributed by atoms with E-state index in [0.29, 0.717) is 41.8 Å². The van der Waals surface area contributed by atoms with Gasteiger partial charge in [0, 0.05) is 47.5 Å². The average Bonchev–Trinajstić information content (AvgIpc) is 2.88. The van der Waals surface area contributed by atoms with Crippen LogP contribution in [0.3, 0.4) is 0 Å². The number of nitrogens with zero attached hydrogens (tertiary/aromatic N) is 3. The smallest absolute Gasteiger partial charge is 0.264 e. The van der Waals surface area contributed by atoms with Crippen LogP contribution < -0.4 is 9.64 Å². The Morgan fingerprint density at radius 3 is 2.19 bits per heavy atom. The fourth-order valence-electron chi connectivity index (χ4n) is 3.87. The van der Waals surface area contributed by atoms with Crippen LogP contribution in [0.4, 0.5) is 5.69 Å². The minimum absolute atomic E-state index is 0.0110. The monoisotopic (exact) mass is 559 g/mol. The van der Waals surface area contributed by atoms with E-state index in [-0.39, 0.29) is 33.9 Å². The lowest BCUT2D eigenvalue weighted by Gasteiger charge is -2.36. The lowest BCUT2D eigenvalue weighted by atomic mass is 10.1. The van der Waals surface area contributed by atoms with Crippen molar-refractivity contribution in [3.8, 4) is 11.8 Å². The summed E-state index contributed by atoms with van der Waals surface area (Å²) in [6, 6.07) is 20.4. The molecular weight excluding hydrogens is 540 g/mol. The standard InChI is InChI=1S/C27H21Cl4N3O2/c28-21-7-6-19(23(29)15-21)17-36-26-24(30)13-18(14-25(26)31)12-20(16-32)27(35)34-10-8-33(9-11-34)22-4-2-1-3-5-22/h1-7,12-15H,8-11,17H2/b20-12-. The van der Waals surface area contributed by atoms with Gasteiger partial charge in [0.2, 0.25) is 0 Å². The summed E-state index contributed by atoms with van der Waals surface area (Å²) in [7, 11) is 0. The largest absolute Gasteiger partial charge is 0.486 e. The lowest BCUT2D eigenvalue weighted by molar-refractivity contribution is -0.126. The van der Waals surface area contributed by atoms with Crippen LogP contribution in [-0.2, 0) is 11.4 Å². The number of para-hydroxylation sites is 1. The molecule has 1 fully saturated rings. The Kier molecular flexibility index (Phi) is 8.66. The topological polar surface area (TPSA) is 56.6 Å². The summed E-state index contributed by atoms with van der Waals surface area (Å²) in [5.74, 6) is -0.0430. The van der Waals surface area contributed by atoms with Crippen molar-refractivity contribution in [1.29, 1.82) is 5.26 Å². The maximum Gasteiger partial charge on any atom is 0.264 e. The van der Waals surface area contributed by atoms with Crippen molar-refractivity contribution >= 4 is 64.1 Å². The number of benzene rings is 3. The number of halogens is 4. The molecule has 5 nitrogen and oxygen atoms in total. The van der Waals surface area contributed by atoms with Gasteiger partial charge in [-0.15, -0.1) is 0 Å². The van der Waals surface area contributed by atoms with Crippen molar-refractivity contribution in [1.82, 2.24) is 4.90 Å². The summed E-state index contributed by atoms with van der Waals surface area (Å²) < 4.78 is 5.79. The van der Waals surface area contributed by atoms with Crippen molar-refractivity contribution in [3.05, 3.63) is 97.5 Å². The first kappa shape index (κ1) is 26.2. The maximum atomic E-state index is 13.0. The predicted molar refractivity (Wildman–Crippen MR) is 146 cm³/mol. The van der Waals surface area contributed by atoms with Crippen LogP contribution in [0.15, 0.2) is 66.2 Å². The number of piperazine rings is 1. The van der Waals surface area contributed by atoms with Gasteiger partial charge in [0.1, 0.15) is 18.2 Å². The number of nitriles is 1. The Morgan fingerprint density at radius 2 is 1.58 bits per heavy atom. The average molecular weight is 561 g/mol. The van der Waals surface area contributed by atoms with Crippen LogP contribution in [0.5, 0.6) is 5.75 Å². The summed E-state index contributed by atoms with van der Waals surface area (Å²) in [6.07, 6.45) is 1.49. The fraction of sp³-hybridized carbons (Fsp3) is 0.185. The van der Waals surface area contributed by atoms with E-state index in [0.717, 1.165) is 11.3 Å². The summed E-state index contributed by atoms with van der Waals surface area (Å²) in [6.45, 7) is 2.57. The molecule has 1 aliphatic rings. The molecule has 3 aromatic carbocycles. The normalized spacial score (nSPS) is 13.9. The van der Waals surface area contributed by atoms with Crippen molar-refractivity contribution in [2.45, 2.75) is 6.61 Å². The number of rotatable bonds is 6. The Bertz CT molecular complexity index is 1310. The molecule has 0 atom stereocenters. The molecule has 1 aliphatic heterocycles. The van der Waals surface area contributed by atoms with E-state index in [9.17, 15) is 10.1 Å². The van der Waals surface area contributed by atoms with Crippen molar-refractivity contribution in [2.75, 3.05) is 31.1 Å². The molecule has 0 radical (unpaired) electrons. The molecule has 0 N–H and O–H groups in total. The molecule has 0 spiro atoms.